The standard InChI is InChI=1S/C30H36N4O6S/c1-5-28(30(36)31-19-22(2)3)32(20-24-11-9-10-23(4)18-24)29(35)21-33(25-14-16-26(17-15-25)34(37)38)41(39,40)27-12-7-6-8-13-27/h6-18,22,28H,5,19-21H2,1-4H3,(H,31,36)/t28-/m0/s1. The van der Waals surface area contributed by atoms with E-state index < -0.39 is 33.4 Å². The van der Waals surface area contributed by atoms with E-state index in [0.717, 1.165) is 15.4 Å². The van der Waals surface area contributed by atoms with Gasteiger partial charge < -0.3 is 10.2 Å². The van der Waals surface area contributed by atoms with Crippen molar-refractivity contribution in [3.63, 3.8) is 0 Å². The van der Waals surface area contributed by atoms with Gasteiger partial charge in [0.2, 0.25) is 11.8 Å². The van der Waals surface area contributed by atoms with E-state index in [-0.39, 0.29) is 34.6 Å². The number of non-ortho nitro benzene ring substituents is 1. The normalized spacial score (nSPS) is 12.0. The molecule has 218 valence electrons. The number of amides is 2. The van der Waals surface area contributed by atoms with Crippen molar-refractivity contribution in [1.82, 2.24) is 10.2 Å². The largest absolute Gasteiger partial charge is 0.354 e. The summed E-state index contributed by atoms with van der Waals surface area (Å²) in [5.41, 5.74) is 1.64. The molecule has 41 heavy (non-hydrogen) atoms. The van der Waals surface area contributed by atoms with E-state index in [2.05, 4.69) is 5.32 Å². The van der Waals surface area contributed by atoms with E-state index in [9.17, 15) is 28.1 Å². The number of nitro groups is 1. The van der Waals surface area contributed by atoms with Crippen LogP contribution in [0.4, 0.5) is 11.4 Å². The first-order valence-corrected chi connectivity index (χ1v) is 14.8. The van der Waals surface area contributed by atoms with Crippen molar-refractivity contribution in [3.05, 3.63) is 100 Å². The van der Waals surface area contributed by atoms with Gasteiger partial charge in [0.1, 0.15) is 12.6 Å². The summed E-state index contributed by atoms with van der Waals surface area (Å²) in [6.07, 6.45) is 0.310. The number of carbonyl (C=O) groups excluding carboxylic acids is 2. The van der Waals surface area contributed by atoms with Crippen LogP contribution in [0, 0.1) is 23.0 Å². The number of sulfonamides is 1. The van der Waals surface area contributed by atoms with Crippen molar-refractivity contribution in [1.29, 1.82) is 0 Å². The molecule has 2 amide bonds. The number of benzene rings is 3. The molecule has 3 rings (SSSR count). The summed E-state index contributed by atoms with van der Waals surface area (Å²) in [7, 11) is -4.25. The van der Waals surface area contributed by atoms with Crippen LogP contribution in [-0.4, -0.2) is 49.2 Å². The highest BCUT2D eigenvalue weighted by atomic mass is 32.2. The van der Waals surface area contributed by atoms with E-state index in [1.54, 1.807) is 25.1 Å². The molecule has 0 aromatic heterocycles. The Balaban J connectivity index is 2.05. The van der Waals surface area contributed by atoms with Crippen molar-refractivity contribution in [3.8, 4) is 0 Å². The molecule has 0 aliphatic heterocycles. The second-order valence-corrected chi connectivity index (χ2v) is 12.0. The highest BCUT2D eigenvalue weighted by Gasteiger charge is 2.33. The number of nitro benzene ring substituents is 1. The predicted molar refractivity (Wildman–Crippen MR) is 158 cm³/mol. The third-order valence-corrected chi connectivity index (χ3v) is 8.25. The first kappa shape index (κ1) is 31.3. The smallest absolute Gasteiger partial charge is 0.269 e. The second kappa shape index (κ2) is 13.9. The lowest BCUT2D eigenvalue weighted by molar-refractivity contribution is -0.384. The third kappa shape index (κ3) is 8.14. The lowest BCUT2D eigenvalue weighted by Gasteiger charge is -2.33. The maximum absolute atomic E-state index is 14.0. The number of nitrogens with one attached hydrogen (secondary N) is 1. The Hall–Kier alpha value is -4.25. The minimum Gasteiger partial charge on any atom is -0.354 e. The van der Waals surface area contributed by atoms with E-state index in [1.807, 2.05) is 45.0 Å². The fourth-order valence-corrected chi connectivity index (χ4v) is 5.77. The quantitative estimate of drug-likeness (QED) is 0.231. The van der Waals surface area contributed by atoms with Crippen molar-refractivity contribution in [2.45, 2.75) is 51.6 Å². The number of rotatable bonds is 13. The molecule has 3 aromatic carbocycles. The van der Waals surface area contributed by atoms with Gasteiger partial charge in [0.05, 0.1) is 15.5 Å². The Labute approximate surface area is 241 Å². The Kier molecular flexibility index (Phi) is 10.6. The van der Waals surface area contributed by atoms with Crippen LogP contribution in [0.25, 0.3) is 0 Å². The molecule has 11 heteroatoms. The number of aryl methyl sites for hydroxylation is 1. The maximum Gasteiger partial charge on any atom is 0.269 e. The van der Waals surface area contributed by atoms with Crippen LogP contribution in [0.3, 0.4) is 0 Å². The number of hydrogen-bond donors (Lipinski definition) is 1. The van der Waals surface area contributed by atoms with Gasteiger partial charge in [-0.15, -0.1) is 0 Å². The van der Waals surface area contributed by atoms with Crippen LogP contribution < -0.4 is 9.62 Å². The minimum atomic E-state index is -4.25. The molecule has 0 aliphatic carbocycles. The summed E-state index contributed by atoms with van der Waals surface area (Å²) < 4.78 is 28.5. The highest BCUT2D eigenvalue weighted by Crippen LogP contribution is 2.26. The molecular weight excluding hydrogens is 544 g/mol. The average Bonchev–Trinajstić information content (AvgIpc) is 2.95. The van der Waals surface area contributed by atoms with Crippen LogP contribution >= 0.6 is 0 Å². The molecule has 0 saturated carbocycles. The molecule has 1 atom stereocenters. The number of nitrogens with zero attached hydrogens (tertiary/aromatic N) is 3. The fourth-order valence-electron chi connectivity index (χ4n) is 4.34. The van der Waals surface area contributed by atoms with Gasteiger partial charge in [0.25, 0.3) is 15.7 Å². The van der Waals surface area contributed by atoms with Gasteiger partial charge in [-0.3, -0.25) is 24.0 Å². The van der Waals surface area contributed by atoms with Crippen LogP contribution in [0.5, 0.6) is 0 Å². The zero-order valence-corrected chi connectivity index (χ0v) is 24.5. The molecule has 0 aliphatic rings. The van der Waals surface area contributed by atoms with Crippen molar-refractivity contribution >= 4 is 33.2 Å². The highest BCUT2D eigenvalue weighted by molar-refractivity contribution is 7.92. The third-order valence-electron chi connectivity index (χ3n) is 6.46. The monoisotopic (exact) mass is 580 g/mol. The molecule has 0 bridgehead atoms. The molecule has 10 nitrogen and oxygen atoms in total. The molecule has 0 radical (unpaired) electrons. The number of carbonyl (C=O) groups is 2. The molecule has 0 spiro atoms. The average molecular weight is 581 g/mol. The van der Waals surface area contributed by atoms with E-state index in [4.69, 9.17) is 0 Å². The molecule has 0 fully saturated rings. The lowest BCUT2D eigenvalue weighted by atomic mass is 10.1. The van der Waals surface area contributed by atoms with E-state index in [1.165, 1.54) is 41.3 Å². The molecule has 0 heterocycles. The van der Waals surface area contributed by atoms with Crippen LogP contribution in [0.2, 0.25) is 0 Å². The summed E-state index contributed by atoms with van der Waals surface area (Å²) in [6, 6.07) is 19.3. The number of hydrogen-bond acceptors (Lipinski definition) is 6. The fraction of sp³-hybridized carbons (Fsp3) is 0.333. The Morgan fingerprint density at radius 1 is 0.976 bits per heavy atom. The summed E-state index contributed by atoms with van der Waals surface area (Å²) in [5.74, 6) is -0.711. The van der Waals surface area contributed by atoms with Crippen LogP contribution in [0.1, 0.15) is 38.3 Å². The van der Waals surface area contributed by atoms with E-state index >= 15 is 0 Å². The first-order valence-electron chi connectivity index (χ1n) is 13.4. The molecule has 0 unspecified atom stereocenters. The van der Waals surface area contributed by atoms with Gasteiger partial charge in [-0.05, 0) is 49.1 Å². The summed E-state index contributed by atoms with van der Waals surface area (Å²) >= 11 is 0. The van der Waals surface area contributed by atoms with Gasteiger partial charge in [-0.2, -0.15) is 0 Å². The van der Waals surface area contributed by atoms with Gasteiger partial charge in [-0.1, -0.05) is 68.8 Å². The SMILES string of the molecule is CC[C@@H](C(=O)NCC(C)C)N(Cc1cccc(C)c1)C(=O)CN(c1ccc([N+](=O)[O-])cc1)S(=O)(=O)c1ccccc1. The second-order valence-electron chi connectivity index (χ2n) is 10.2. The topological polar surface area (TPSA) is 130 Å². The van der Waals surface area contributed by atoms with Crippen molar-refractivity contribution in [2.24, 2.45) is 5.92 Å². The van der Waals surface area contributed by atoms with E-state index in [0.29, 0.717) is 13.0 Å². The van der Waals surface area contributed by atoms with Crippen molar-refractivity contribution < 1.29 is 22.9 Å². The maximum atomic E-state index is 14.0. The summed E-state index contributed by atoms with van der Waals surface area (Å²) in [4.78, 5) is 39.3. The lowest BCUT2D eigenvalue weighted by Crippen LogP contribution is -2.52. The van der Waals surface area contributed by atoms with Gasteiger partial charge in [-0.25, -0.2) is 8.42 Å². The first-order chi connectivity index (χ1) is 19.4. The zero-order chi connectivity index (χ0) is 30.2. The zero-order valence-electron chi connectivity index (χ0n) is 23.7. The Morgan fingerprint density at radius 2 is 1.63 bits per heavy atom. The predicted octanol–water partition coefficient (Wildman–Crippen LogP) is 4.68. The molecule has 0 saturated heterocycles. The Bertz CT molecular complexity index is 1460. The van der Waals surface area contributed by atoms with Gasteiger partial charge >= 0.3 is 0 Å². The molecular formula is C30H36N4O6S. The van der Waals surface area contributed by atoms with Crippen molar-refractivity contribution in [2.75, 3.05) is 17.4 Å². The van der Waals surface area contributed by atoms with Crippen LogP contribution in [-0.2, 0) is 26.2 Å². The summed E-state index contributed by atoms with van der Waals surface area (Å²) in [5, 5.41) is 14.1. The van der Waals surface area contributed by atoms with Gasteiger partial charge in [0.15, 0.2) is 0 Å². The van der Waals surface area contributed by atoms with Gasteiger partial charge in [0, 0.05) is 25.2 Å². The molecule has 3 aromatic rings. The summed E-state index contributed by atoms with van der Waals surface area (Å²) in [6.45, 7) is 7.55. The number of anilines is 1. The Morgan fingerprint density at radius 3 is 2.20 bits per heavy atom. The van der Waals surface area contributed by atoms with Crippen LogP contribution in [0.15, 0.2) is 83.8 Å². The molecule has 1 N–H and O–H groups in total. The minimum absolute atomic E-state index is 0.0434.